The summed E-state index contributed by atoms with van der Waals surface area (Å²) in [4.78, 5) is 7.23. The van der Waals surface area contributed by atoms with Gasteiger partial charge in [-0.05, 0) is 31.0 Å². The molecule has 0 bridgehead atoms. The Bertz CT molecular complexity index is 395. The van der Waals surface area contributed by atoms with Crippen LogP contribution in [-0.4, -0.2) is 29.1 Å². The lowest BCUT2D eigenvalue weighted by molar-refractivity contribution is 0.685. The second-order valence-electron chi connectivity index (χ2n) is 4.90. The SMILES string of the molecule is CCCc1cc(CN)cc(N2CCSCC2C)n1. The molecule has 0 aliphatic carbocycles. The van der Waals surface area contributed by atoms with E-state index in [1.807, 2.05) is 11.8 Å². The van der Waals surface area contributed by atoms with Crippen LogP contribution >= 0.6 is 11.8 Å². The van der Waals surface area contributed by atoms with Crippen molar-refractivity contribution in [3.05, 3.63) is 23.4 Å². The highest BCUT2D eigenvalue weighted by molar-refractivity contribution is 7.99. The Morgan fingerprint density at radius 3 is 3.00 bits per heavy atom. The molecule has 0 aromatic carbocycles. The van der Waals surface area contributed by atoms with Crippen LogP contribution in [0.2, 0.25) is 0 Å². The van der Waals surface area contributed by atoms with E-state index in [4.69, 9.17) is 10.7 Å². The molecule has 4 heteroatoms. The highest BCUT2D eigenvalue weighted by Crippen LogP contribution is 2.24. The van der Waals surface area contributed by atoms with Gasteiger partial charge in [0.25, 0.3) is 0 Å². The first kappa shape index (κ1) is 13.7. The van der Waals surface area contributed by atoms with E-state index in [0.29, 0.717) is 12.6 Å². The topological polar surface area (TPSA) is 42.1 Å². The largest absolute Gasteiger partial charge is 0.352 e. The number of rotatable bonds is 4. The molecule has 1 aliphatic rings. The summed E-state index contributed by atoms with van der Waals surface area (Å²) < 4.78 is 0. The first-order chi connectivity index (χ1) is 8.74. The Morgan fingerprint density at radius 1 is 1.50 bits per heavy atom. The van der Waals surface area contributed by atoms with Gasteiger partial charge in [-0.15, -0.1) is 0 Å². The second-order valence-corrected chi connectivity index (χ2v) is 6.05. The molecule has 2 heterocycles. The van der Waals surface area contributed by atoms with E-state index in [-0.39, 0.29) is 0 Å². The Labute approximate surface area is 114 Å². The maximum Gasteiger partial charge on any atom is 0.129 e. The highest BCUT2D eigenvalue weighted by Gasteiger charge is 2.20. The van der Waals surface area contributed by atoms with Crippen LogP contribution in [0.25, 0.3) is 0 Å². The minimum Gasteiger partial charge on any atom is -0.352 e. The van der Waals surface area contributed by atoms with Crippen molar-refractivity contribution in [2.75, 3.05) is 23.0 Å². The molecule has 1 unspecified atom stereocenters. The number of thioether (sulfide) groups is 1. The quantitative estimate of drug-likeness (QED) is 0.908. The fraction of sp³-hybridized carbons (Fsp3) is 0.643. The second kappa shape index (κ2) is 6.43. The van der Waals surface area contributed by atoms with Crippen LogP contribution in [0, 0.1) is 0 Å². The van der Waals surface area contributed by atoms with Crippen LogP contribution in [0.3, 0.4) is 0 Å². The smallest absolute Gasteiger partial charge is 0.129 e. The summed E-state index contributed by atoms with van der Waals surface area (Å²) in [5.41, 5.74) is 8.18. The number of hydrogen-bond acceptors (Lipinski definition) is 4. The van der Waals surface area contributed by atoms with Gasteiger partial charge in [0.05, 0.1) is 0 Å². The van der Waals surface area contributed by atoms with Gasteiger partial charge >= 0.3 is 0 Å². The third-order valence-electron chi connectivity index (χ3n) is 3.33. The zero-order valence-corrected chi connectivity index (χ0v) is 12.2. The number of anilines is 1. The minimum absolute atomic E-state index is 0.568. The van der Waals surface area contributed by atoms with Crippen molar-refractivity contribution in [3.8, 4) is 0 Å². The number of aromatic nitrogens is 1. The van der Waals surface area contributed by atoms with E-state index >= 15 is 0 Å². The summed E-state index contributed by atoms with van der Waals surface area (Å²) in [6.45, 7) is 6.17. The molecule has 2 N–H and O–H groups in total. The molecule has 0 amide bonds. The summed E-state index contributed by atoms with van der Waals surface area (Å²) >= 11 is 2.03. The van der Waals surface area contributed by atoms with Gasteiger partial charge < -0.3 is 10.6 Å². The molecule has 1 aromatic rings. The molecule has 3 nitrogen and oxygen atoms in total. The highest BCUT2D eigenvalue weighted by atomic mass is 32.2. The van der Waals surface area contributed by atoms with E-state index in [1.54, 1.807) is 0 Å². The number of pyridine rings is 1. The lowest BCUT2D eigenvalue weighted by Gasteiger charge is -2.34. The Morgan fingerprint density at radius 2 is 2.33 bits per heavy atom. The Balaban J connectivity index is 2.27. The number of nitrogens with two attached hydrogens (primary N) is 1. The Kier molecular flexibility index (Phi) is 4.89. The van der Waals surface area contributed by atoms with Gasteiger partial charge in [-0.25, -0.2) is 4.98 Å². The van der Waals surface area contributed by atoms with Crippen molar-refractivity contribution in [2.45, 2.75) is 39.3 Å². The summed E-state index contributed by atoms with van der Waals surface area (Å²) in [6.07, 6.45) is 2.17. The molecule has 18 heavy (non-hydrogen) atoms. The van der Waals surface area contributed by atoms with Crippen LogP contribution in [0.1, 0.15) is 31.5 Å². The molecule has 2 rings (SSSR count). The fourth-order valence-corrected chi connectivity index (χ4v) is 3.36. The molecule has 1 fully saturated rings. The zero-order valence-electron chi connectivity index (χ0n) is 11.4. The first-order valence-corrected chi connectivity index (χ1v) is 7.94. The molecular formula is C14H23N3S. The lowest BCUT2D eigenvalue weighted by Crippen LogP contribution is -2.41. The maximum atomic E-state index is 5.80. The van der Waals surface area contributed by atoms with Crippen LogP contribution in [-0.2, 0) is 13.0 Å². The molecule has 1 aromatic heterocycles. The Hall–Kier alpha value is -0.740. The van der Waals surface area contributed by atoms with E-state index in [9.17, 15) is 0 Å². The van der Waals surface area contributed by atoms with Crippen molar-refractivity contribution in [2.24, 2.45) is 5.73 Å². The van der Waals surface area contributed by atoms with Gasteiger partial charge in [0.2, 0.25) is 0 Å². The van der Waals surface area contributed by atoms with Crippen molar-refractivity contribution >= 4 is 17.6 Å². The molecule has 0 saturated carbocycles. The van der Waals surface area contributed by atoms with Crippen LogP contribution < -0.4 is 10.6 Å². The van der Waals surface area contributed by atoms with E-state index in [2.05, 4.69) is 30.9 Å². The zero-order chi connectivity index (χ0) is 13.0. The number of hydrogen-bond donors (Lipinski definition) is 1. The third-order valence-corrected chi connectivity index (χ3v) is 4.52. The van der Waals surface area contributed by atoms with Crippen molar-refractivity contribution in [1.29, 1.82) is 0 Å². The summed E-state index contributed by atoms with van der Waals surface area (Å²) in [5.74, 6) is 3.51. The van der Waals surface area contributed by atoms with E-state index < -0.39 is 0 Å². The van der Waals surface area contributed by atoms with Gasteiger partial charge in [-0.1, -0.05) is 13.3 Å². The van der Waals surface area contributed by atoms with E-state index in [1.165, 1.54) is 22.8 Å². The standard InChI is InChI=1S/C14H23N3S/c1-3-4-13-7-12(9-15)8-14(16-13)17-5-6-18-10-11(17)2/h7-8,11H,3-6,9-10,15H2,1-2H3. The van der Waals surface area contributed by atoms with Gasteiger partial charge in [-0.2, -0.15) is 11.8 Å². The first-order valence-electron chi connectivity index (χ1n) is 6.79. The summed E-state index contributed by atoms with van der Waals surface area (Å²) in [5, 5.41) is 0. The molecule has 1 aliphatic heterocycles. The molecule has 1 saturated heterocycles. The maximum absolute atomic E-state index is 5.80. The van der Waals surface area contributed by atoms with Crippen LogP contribution in [0.15, 0.2) is 12.1 Å². The summed E-state index contributed by atoms with van der Waals surface area (Å²) in [6, 6.07) is 4.88. The number of nitrogens with zero attached hydrogens (tertiary/aromatic N) is 2. The number of aryl methyl sites for hydroxylation is 1. The average Bonchev–Trinajstić information content (AvgIpc) is 2.39. The average molecular weight is 265 g/mol. The molecule has 1 atom stereocenters. The monoisotopic (exact) mass is 265 g/mol. The third kappa shape index (κ3) is 3.18. The minimum atomic E-state index is 0.568. The van der Waals surface area contributed by atoms with Crippen molar-refractivity contribution < 1.29 is 0 Å². The lowest BCUT2D eigenvalue weighted by atomic mass is 10.1. The van der Waals surface area contributed by atoms with Crippen LogP contribution in [0.4, 0.5) is 5.82 Å². The molecule has 0 radical (unpaired) electrons. The molecular weight excluding hydrogens is 242 g/mol. The van der Waals surface area contributed by atoms with Gasteiger partial charge in [-0.3, -0.25) is 0 Å². The van der Waals surface area contributed by atoms with Crippen molar-refractivity contribution in [3.63, 3.8) is 0 Å². The summed E-state index contributed by atoms with van der Waals surface area (Å²) in [7, 11) is 0. The van der Waals surface area contributed by atoms with E-state index in [0.717, 1.165) is 25.2 Å². The van der Waals surface area contributed by atoms with Crippen LogP contribution in [0.5, 0.6) is 0 Å². The normalized spacial score (nSPS) is 20.2. The molecule has 100 valence electrons. The predicted octanol–water partition coefficient (Wildman–Crippen LogP) is 2.43. The predicted molar refractivity (Wildman–Crippen MR) is 80.3 cm³/mol. The van der Waals surface area contributed by atoms with Gasteiger partial charge in [0, 0.05) is 36.3 Å². The van der Waals surface area contributed by atoms with Gasteiger partial charge in [0.1, 0.15) is 5.82 Å². The molecule has 0 spiro atoms. The van der Waals surface area contributed by atoms with Crippen molar-refractivity contribution in [1.82, 2.24) is 4.98 Å². The fourth-order valence-electron chi connectivity index (χ4n) is 2.35. The van der Waals surface area contributed by atoms with Gasteiger partial charge in [0.15, 0.2) is 0 Å².